The van der Waals surface area contributed by atoms with Gasteiger partial charge in [-0.1, -0.05) is 0 Å². The molecule has 17 heavy (non-hydrogen) atoms. The van der Waals surface area contributed by atoms with Crippen LogP contribution in [0.3, 0.4) is 0 Å². The SMILES string of the molecule is COCCOCCN1CCC2NCCCC2C1. The van der Waals surface area contributed by atoms with Crippen LogP contribution < -0.4 is 5.32 Å². The van der Waals surface area contributed by atoms with Crippen LogP contribution in [0, 0.1) is 5.92 Å². The van der Waals surface area contributed by atoms with Crippen LogP contribution in [-0.2, 0) is 9.47 Å². The molecule has 4 nitrogen and oxygen atoms in total. The Bertz CT molecular complexity index is 214. The zero-order valence-electron chi connectivity index (χ0n) is 11.0. The van der Waals surface area contributed by atoms with Gasteiger partial charge in [-0.2, -0.15) is 0 Å². The Kier molecular flexibility index (Phi) is 5.71. The van der Waals surface area contributed by atoms with Crippen molar-refractivity contribution in [1.29, 1.82) is 0 Å². The predicted molar refractivity (Wildman–Crippen MR) is 68.3 cm³/mol. The topological polar surface area (TPSA) is 33.7 Å². The average Bonchev–Trinajstić information content (AvgIpc) is 2.38. The van der Waals surface area contributed by atoms with Gasteiger partial charge in [0.05, 0.1) is 19.8 Å². The second kappa shape index (κ2) is 7.31. The smallest absolute Gasteiger partial charge is 0.0700 e. The van der Waals surface area contributed by atoms with Gasteiger partial charge in [-0.05, 0) is 38.3 Å². The van der Waals surface area contributed by atoms with E-state index in [1.165, 1.54) is 38.9 Å². The molecule has 2 fully saturated rings. The summed E-state index contributed by atoms with van der Waals surface area (Å²) < 4.78 is 10.5. The van der Waals surface area contributed by atoms with Crippen LogP contribution in [0.5, 0.6) is 0 Å². The zero-order valence-corrected chi connectivity index (χ0v) is 11.0. The maximum atomic E-state index is 5.53. The molecule has 2 aliphatic heterocycles. The molecule has 0 saturated carbocycles. The number of nitrogens with zero attached hydrogens (tertiary/aromatic N) is 1. The van der Waals surface area contributed by atoms with Gasteiger partial charge in [0.2, 0.25) is 0 Å². The molecule has 0 aliphatic carbocycles. The molecule has 0 bridgehead atoms. The first-order valence-electron chi connectivity index (χ1n) is 6.92. The van der Waals surface area contributed by atoms with Crippen LogP contribution >= 0.6 is 0 Å². The zero-order chi connectivity index (χ0) is 11.9. The lowest BCUT2D eigenvalue weighted by atomic mass is 9.85. The van der Waals surface area contributed by atoms with E-state index in [4.69, 9.17) is 9.47 Å². The normalized spacial score (nSPS) is 30.2. The summed E-state index contributed by atoms with van der Waals surface area (Å²) in [5.41, 5.74) is 0. The minimum Gasteiger partial charge on any atom is -0.382 e. The highest BCUT2D eigenvalue weighted by molar-refractivity contribution is 4.88. The van der Waals surface area contributed by atoms with Crippen molar-refractivity contribution in [2.75, 3.05) is 53.1 Å². The van der Waals surface area contributed by atoms with E-state index >= 15 is 0 Å². The number of likely N-dealkylation sites (tertiary alicyclic amines) is 1. The summed E-state index contributed by atoms with van der Waals surface area (Å²) in [6.07, 6.45) is 4.06. The van der Waals surface area contributed by atoms with Crippen LogP contribution in [0.15, 0.2) is 0 Å². The number of piperidine rings is 2. The Morgan fingerprint density at radius 1 is 1.24 bits per heavy atom. The van der Waals surface area contributed by atoms with E-state index in [0.717, 1.165) is 31.7 Å². The van der Waals surface area contributed by atoms with Gasteiger partial charge in [0, 0.05) is 26.2 Å². The summed E-state index contributed by atoms with van der Waals surface area (Å²) in [5.74, 6) is 0.872. The third-order valence-electron chi connectivity index (χ3n) is 3.96. The molecule has 2 heterocycles. The lowest BCUT2D eigenvalue weighted by molar-refractivity contribution is 0.0414. The number of rotatable bonds is 6. The maximum Gasteiger partial charge on any atom is 0.0700 e. The molecule has 100 valence electrons. The quantitative estimate of drug-likeness (QED) is 0.696. The molecule has 0 aromatic rings. The Morgan fingerprint density at radius 2 is 2.18 bits per heavy atom. The lowest BCUT2D eigenvalue weighted by Gasteiger charge is -2.41. The van der Waals surface area contributed by atoms with E-state index in [1.807, 2.05) is 0 Å². The summed E-state index contributed by atoms with van der Waals surface area (Å²) in [6, 6.07) is 0.786. The van der Waals surface area contributed by atoms with Gasteiger partial charge >= 0.3 is 0 Å². The molecule has 2 aliphatic rings. The van der Waals surface area contributed by atoms with E-state index in [0.29, 0.717) is 6.61 Å². The number of fused-ring (bicyclic) bond motifs is 1. The fourth-order valence-corrected chi connectivity index (χ4v) is 2.96. The molecule has 0 radical (unpaired) electrons. The Labute approximate surface area is 105 Å². The minimum absolute atomic E-state index is 0.703. The molecule has 0 aromatic heterocycles. The number of methoxy groups -OCH3 is 1. The van der Waals surface area contributed by atoms with Crippen molar-refractivity contribution in [3.05, 3.63) is 0 Å². The van der Waals surface area contributed by atoms with Crippen LogP contribution in [0.2, 0.25) is 0 Å². The fraction of sp³-hybridized carbons (Fsp3) is 1.00. The molecule has 1 N–H and O–H groups in total. The number of hydrogen-bond acceptors (Lipinski definition) is 4. The highest BCUT2D eigenvalue weighted by Crippen LogP contribution is 2.24. The summed E-state index contributed by atoms with van der Waals surface area (Å²) in [4.78, 5) is 2.56. The molecule has 2 rings (SSSR count). The van der Waals surface area contributed by atoms with Crippen molar-refractivity contribution in [2.45, 2.75) is 25.3 Å². The van der Waals surface area contributed by atoms with Crippen LogP contribution in [0.4, 0.5) is 0 Å². The van der Waals surface area contributed by atoms with Crippen molar-refractivity contribution in [3.8, 4) is 0 Å². The van der Waals surface area contributed by atoms with Crippen molar-refractivity contribution in [1.82, 2.24) is 10.2 Å². The standard InChI is InChI=1S/C13H26N2O2/c1-16-9-10-17-8-7-15-6-4-13-12(11-15)3-2-5-14-13/h12-14H,2-11H2,1H3. The van der Waals surface area contributed by atoms with Crippen molar-refractivity contribution >= 4 is 0 Å². The van der Waals surface area contributed by atoms with E-state index in [9.17, 15) is 0 Å². The molecule has 0 aromatic carbocycles. The summed E-state index contributed by atoms with van der Waals surface area (Å²) in [5, 5.41) is 3.65. The van der Waals surface area contributed by atoms with E-state index in [2.05, 4.69) is 10.2 Å². The van der Waals surface area contributed by atoms with Gasteiger partial charge in [0.15, 0.2) is 0 Å². The number of nitrogens with one attached hydrogen (secondary N) is 1. The molecular weight excluding hydrogens is 216 g/mol. The number of hydrogen-bond donors (Lipinski definition) is 1. The third-order valence-corrected chi connectivity index (χ3v) is 3.96. The largest absolute Gasteiger partial charge is 0.382 e. The maximum absolute atomic E-state index is 5.53. The van der Waals surface area contributed by atoms with Crippen molar-refractivity contribution < 1.29 is 9.47 Å². The first-order chi connectivity index (χ1) is 8.40. The highest BCUT2D eigenvalue weighted by atomic mass is 16.5. The first kappa shape index (κ1) is 13.3. The first-order valence-corrected chi connectivity index (χ1v) is 6.92. The molecule has 2 saturated heterocycles. The predicted octanol–water partition coefficient (Wildman–Crippen LogP) is 0.723. The minimum atomic E-state index is 0.703. The van der Waals surface area contributed by atoms with Crippen LogP contribution in [-0.4, -0.2) is 64.1 Å². The Balaban J connectivity index is 1.59. The highest BCUT2D eigenvalue weighted by Gasteiger charge is 2.30. The van der Waals surface area contributed by atoms with E-state index in [-0.39, 0.29) is 0 Å². The summed E-state index contributed by atoms with van der Waals surface area (Å²) >= 11 is 0. The fourth-order valence-electron chi connectivity index (χ4n) is 2.96. The van der Waals surface area contributed by atoms with Gasteiger partial charge in [-0.25, -0.2) is 0 Å². The number of ether oxygens (including phenoxy) is 2. The van der Waals surface area contributed by atoms with Crippen LogP contribution in [0.25, 0.3) is 0 Å². The Morgan fingerprint density at radius 3 is 3.06 bits per heavy atom. The monoisotopic (exact) mass is 242 g/mol. The van der Waals surface area contributed by atoms with Crippen molar-refractivity contribution in [3.63, 3.8) is 0 Å². The van der Waals surface area contributed by atoms with Gasteiger partial charge < -0.3 is 19.7 Å². The van der Waals surface area contributed by atoms with E-state index < -0.39 is 0 Å². The lowest BCUT2D eigenvalue weighted by Crippen LogP contribution is -2.52. The molecule has 4 heteroatoms. The van der Waals surface area contributed by atoms with Crippen LogP contribution in [0.1, 0.15) is 19.3 Å². The van der Waals surface area contributed by atoms with Gasteiger partial charge in [-0.15, -0.1) is 0 Å². The molecule has 0 spiro atoms. The summed E-state index contributed by atoms with van der Waals surface area (Å²) in [6.45, 7) is 7.04. The molecule has 2 unspecified atom stereocenters. The van der Waals surface area contributed by atoms with Gasteiger partial charge in [0.25, 0.3) is 0 Å². The molecule has 2 atom stereocenters. The Hall–Kier alpha value is -0.160. The summed E-state index contributed by atoms with van der Waals surface area (Å²) in [7, 11) is 1.71. The second-order valence-electron chi connectivity index (χ2n) is 5.16. The second-order valence-corrected chi connectivity index (χ2v) is 5.16. The van der Waals surface area contributed by atoms with Crippen molar-refractivity contribution in [2.24, 2.45) is 5.92 Å². The van der Waals surface area contributed by atoms with Gasteiger partial charge in [-0.3, -0.25) is 0 Å². The molecule has 0 amide bonds. The van der Waals surface area contributed by atoms with Gasteiger partial charge in [0.1, 0.15) is 0 Å². The third kappa shape index (κ3) is 4.21. The molecular formula is C13H26N2O2. The van der Waals surface area contributed by atoms with E-state index in [1.54, 1.807) is 7.11 Å². The average molecular weight is 242 g/mol.